The number of benzene rings is 1. The van der Waals surface area contributed by atoms with Crippen molar-refractivity contribution in [2.45, 2.75) is 24.2 Å². The highest BCUT2D eigenvalue weighted by Gasteiger charge is 2.67. The number of halogens is 4. The molecule has 0 unspecified atom stereocenters. The van der Waals surface area contributed by atoms with Gasteiger partial charge in [-0.3, -0.25) is 0 Å². The summed E-state index contributed by atoms with van der Waals surface area (Å²) < 4.78 is 53.9. The molecule has 0 amide bonds. The summed E-state index contributed by atoms with van der Waals surface area (Å²) in [6, 6.07) is 4.56. The summed E-state index contributed by atoms with van der Waals surface area (Å²) in [7, 11) is 0. The standard InChI is InChI=1S/C10H8F4O3/c11-6-3-1-5(2-4-6)7-8(17-7)9(15,16)10(12,13)14/h1-4,7-8,15-16H/t7-,8+/m1/s1. The van der Waals surface area contributed by atoms with Crippen molar-refractivity contribution < 1.29 is 32.5 Å². The molecule has 0 aromatic heterocycles. The maximum absolute atomic E-state index is 12.6. The first-order chi connectivity index (χ1) is 7.73. The van der Waals surface area contributed by atoms with Crippen LogP contribution in [0.2, 0.25) is 0 Å². The minimum absolute atomic E-state index is 0.258. The lowest BCUT2D eigenvalue weighted by Gasteiger charge is -2.22. The first kappa shape index (κ1) is 12.3. The quantitative estimate of drug-likeness (QED) is 0.476. The third-order valence-corrected chi connectivity index (χ3v) is 2.50. The van der Waals surface area contributed by atoms with Gasteiger partial charge in [0.15, 0.2) is 6.10 Å². The molecule has 1 saturated heterocycles. The Morgan fingerprint density at radius 1 is 1.06 bits per heavy atom. The number of ether oxygens (including phenoxy) is 1. The normalized spacial score (nSPS) is 24.8. The molecule has 17 heavy (non-hydrogen) atoms. The Kier molecular flexibility index (Phi) is 2.64. The van der Waals surface area contributed by atoms with E-state index in [2.05, 4.69) is 4.74 Å². The van der Waals surface area contributed by atoms with Gasteiger partial charge < -0.3 is 14.9 Å². The van der Waals surface area contributed by atoms with Gasteiger partial charge in [-0.25, -0.2) is 4.39 Å². The minimum atomic E-state index is -5.20. The molecule has 1 aromatic rings. The molecule has 1 aromatic carbocycles. The number of hydrogen-bond donors (Lipinski definition) is 2. The van der Waals surface area contributed by atoms with Gasteiger partial charge in [-0.05, 0) is 17.7 Å². The van der Waals surface area contributed by atoms with E-state index in [-0.39, 0.29) is 5.56 Å². The molecule has 1 heterocycles. The average molecular weight is 252 g/mol. The van der Waals surface area contributed by atoms with Crippen molar-refractivity contribution in [3.63, 3.8) is 0 Å². The molecule has 7 heteroatoms. The second-order valence-corrected chi connectivity index (χ2v) is 3.75. The van der Waals surface area contributed by atoms with Crippen molar-refractivity contribution in [2.75, 3.05) is 0 Å². The molecule has 1 fully saturated rings. The third-order valence-electron chi connectivity index (χ3n) is 2.50. The SMILES string of the molecule is OC(O)([C@H]1O[C@@H]1c1ccc(F)cc1)C(F)(F)F. The highest BCUT2D eigenvalue weighted by molar-refractivity contribution is 5.24. The van der Waals surface area contributed by atoms with E-state index in [1.54, 1.807) is 0 Å². The van der Waals surface area contributed by atoms with Crippen molar-refractivity contribution in [1.29, 1.82) is 0 Å². The van der Waals surface area contributed by atoms with Crippen LogP contribution in [0.15, 0.2) is 24.3 Å². The van der Waals surface area contributed by atoms with E-state index >= 15 is 0 Å². The Bertz CT molecular complexity index is 413. The van der Waals surface area contributed by atoms with Crippen LogP contribution in [-0.2, 0) is 4.74 Å². The summed E-state index contributed by atoms with van der Waals surface area (Å²) >= 11 is 0. The number of alkyl halides is 3. The second kappa shape index (κ2) is 3.66. The molecule has 2 N–H and O–H groups in total. The predicted molar refractivity (Wildman–Crippen MR) is 47.2 cm³/mol. The summed E-state index contributed by atoms with van der Waals surface area (Å²) in [4.78, 5) is 0. The Balaban J connectivity index is 2.13. The zero-order valence-corrected chi connectivity index (χ0v) is 8.28. The van der Waals surface area contributed by atoms with Crippen molar-refractivity contribution in [2.24, 2.45) is 0 Å². The van der Waals surface area contributed by atoms with Gasteiger partial charge in [0, 0.05) is 0 Å². The highest BCUT2D eigenvalue weighted by Crippen LogP contribution is 2.49. The van der Waals surface area contributed by atoms with Crippen LogP contribution in [0.4, 0.5) is 17.6 Å². The molecule has 1 aliphatic heterocycles. The molecule has 94 valence electrons. The summed E-state index contributed by atoms with van der Waals surface area (Å²) in [6.45, 7) is 0. The fourth-order valence-electron chi connectivity index (χ4n) is 1.49. The molecular formula is C10H8F4O3. The number of epoxide rings is 1. The lowest BCUT2D eigenvalue weighted by atomic mass is 10.0. The molecule has 0 bridgehead atoms. The average Bonchev–Trinajstić information content (AvgIpc) is 2.97. The Morgan fingerprint density at radius 2 is 1.59 bits per heavy atom. The summed E-state index contributed by atoms with van der Waals surface area (Å²) in [5.41, 5.74) is 0.258. The molecule has 0 aliphatic carbocycles. The van der Waals surface area contributed by atoms with Gasteiger partial charge in [0.05, 0.1) is 0 Å². The lowest BCUT2D eigenvalue weighted by molar-refractivity contribution is -0.355. The van der Waals surface area contributed by atoms with Gasteiger partial charge in [-0.1, -0.05) is 12.1 Å². The van der Waals surface area contributed by atoms with Gasteiger partial charge in [-0.2, -0.15) is 13.2 Å². The topological polar surface area (TPSA) is 53.0 Å². The number of rotatable bonds is 2. The molecule has 0 radical (unpaired) electrons. The van der Waals surface area contributed by atoms with E-state index < -0.39 is 30.0 Å². The molecule has 2 atom stereocenters. The van der Waals surface area contributed by atoms with Gasteiger partial charge in [0.25, 0.3) is 5.79 Å². The van der Waals surface area contributed by atoms with E-state index in [0.717, 1.165) is 12.1 Å². The van der Waals surface area contributed by atoms with Crippen molar-refractivity contribution in [1.82, 2.24) is 0 Å². The van der Waals surface area contributed by atoms with Crippen LogP contribution in [0, 0.1) is 5.82 Å². The van der Waals surface area contributed by atoms with Crippen LogP contribution in [0.25, 0.3) is 0 Å². The van der Waals surface area contributed by atoms with E-state index in [0.29, 0.717) is 0 Å². The lowest BCUT2D eigenvalue weighted by Crippen LogP contribution is -2.50. The van der Waals surface area contributed by atoms with Crippen molar-refractivity contribution >= 4 is 0 Å². The Labute approximate surface area is 93.2 Å². The highest BCUT2D eigenvalue weighted by atomic mass is 19.4. The summed E-state index contributed by atoms with van der Waals surface area (Å²) in [5.74, 6) is -4.44. The Morgan fingerprint density at radius 3 is 2.06 bits per heavy atom. The summed E-state index contributed by atoms with van der Waals surface area (Å²) in [6.07, 6.45) is -8.08. The predicted octanol–water partition coefficient (Wildman–Crippen LogP) is 1.51. The zero-order valence-electron chi connectivity index (χ0n) is 8.28. The maximum atomic E-state index is 12.6. The van der Waals surface area contributed by atoms with Crippen LogP contribution in [0.5, 0.6) is 0 Å². The van der Waals surface area contributed by atoms with Crippen LogP contribution < -0.4 is 0 Å². The fourth-order valence-corrected chi connectivity index (χ4v) is 1.49. The van der Waals surface area contributed by atoms with Crippen molar-refractivity contribution in [3.05, 3.63) is 35.6 Å². The van der Waals surface area contributed by atoms with Crippen LogP contribution in [-0.4, -0.2) is 28.3 Å². The first-order valence-corrected chi connectivity index (χ1v) is 4.66. The van der Waals surface area contributed by atoms with E-state index in [4.69, 9.17) is 10.2 Å². The van der Waals surface area contributed by atoms with E-state index in [9.17, 15) is 17.6 Å². The fraction of sp³-hybridized carbons (Fsp3) is 0.400. The Hall–Kier alpha value is -1.18. The number of hydrogen-bond acceptors (Lipinski definition) is 3. The first-order valence-electron chi connectivity index (χ1n) is 4.66. The van der Waals surface area contributed by atoms with E-state index in [1.807, 2.05) is 0 Å². The van der Waals surface area contributed by atoms with Gasteiger partial charge in [0.2, 0.25) is 0 Å². The molecule has 0 saturated carbocycles. The zero-order chi connectivity index (χ0) is 12.8. The van der Waals surface area contributed by atoms with Gasteiger partial charge >= 0.3 is 6.18 Å². The molecule has 2 rings (SSSR count). The van der Waals surface area contributed by atoms with E-state index in [1.165, 1.54) is 12.1 Å². The van der Waals surface area contributed by atoms with Crippen molar-refractivity contribution in [3.8, 4) is 0 Å². The monoisotopic (exact) mass is 252 g/mol. The maximum Gasteiger partial charge on any atom is 0.445 e. The molecule has 0 spiro atoms. The second-order valence-electron chi connectivity index (χ2n) is 3.75. The van der Waals surface area contributed by atoms with Gasteiger partial charge in [-0.15, -0.1) is 0 Å². The largest absolute Gasteiger partial charge is 0.445 e. The van der Waals surface area contributed by atoms with Crippen LogP contribution in [0.3, 0.4) is 0 Å². The molecule has 3 nitrogen and oxygen atoms in total. The molecule has 1 aliphatic rings. The smallest absolute Gasteiger partial charge is 0.358 e. The van der Waals surface area contributed by atoms with Crippen LogP contribution in [0.1, 0.15) is 11.7 Å². The van der Waals surface area contributed by atoms with Crippen LogP contribution >= 0.6 is 0 Å². The minimum Gasteiger partial charge on any atom is -0.358 e. The van der Waals surface area contributed by atoms with Gasteiger partial charge in [0.1, 0.15) is 11.9 Å². The third kappa shape index (κ3) is 2.13. The summed E-state index contributed by atoms with van der Waals surface area (Å²) in [5, 5.41) is 17.8. The molecular weight excluding hydrogens is 244 g/mol. The number of aliphatic hydroxyl groups is 2.